The first kappa shape index (κ1) is 118. The molecule has 0 aliphatic carbocycles. The average Bonchev–Trinajstić information content (AvgIpc) is 1.55. The predicted molar refractivity (Wildman–Crippen MR) is 557 cm³/mol. The van der Waals surface area contributed by atoms with Crippen LogP contribution in [0.1, 0.15) is 210 Å². The first-order valence-electron chi connectivity index (χ1n) is 48.0. The fourth-order valence-corrected chi connectivity index (χ4v) is 18.5. The van der Waals surface area contributed by atoms with Crippen molar-refractivity contribution < 1.29 is 86.6 Å². The number of carbonyl (C=O) groups excluding carboxylic acids is 17. The standard InChI is InChI=1S/C37H42N4O5S.C24H42N4O5S.C23H31N3O5S2.C20H32N2O3S/c1-38-33(42)31(24-26-14-6-3-7-15-26)40-21-19-27(22-25-12-4-2-5-13-25)23-30(37(40)46)39-34(43)32(47)18-10-11-20-41-35(44)28-16-8-9-17-29(28)36(41)45;1-14(2)12-16(17(29)13-15(19(30)25-8)23(3,4)5)26-20(31)18(34)10-11-28-21(32)24(6,7)27(9)22(28)33;1-24-22(30)16(12-15-6-4-3-5-7-15)13-18(27)17(14-33-2)25-23(31)19(32)10-11-26-20(28)8-9-21(26)29;1-13(2)10-14(17(24)12-26)16(23)11-15(20(3,4)5)19(25)22-18-8-6-7-9-21-18/h2-9,12-17,27,30-32,47H,10-11,18-24H2,1H3,(H,38,42)(H,39,43);14-16,18,34H,10-13H2,1-9H3,(H,25,30)(H,26,31);3-7,16-17,19,32H,8-14H2,1-2H3,(H,24,30)(H,25,31);6-9,13-15,17,24,26H,10-12H2,1-5H3,(H,21,22,25)/t27-,30?,31+,32+;15-,16+,18+;16-,17+,19+;14?,15-,17?/m1111/s1. The van der Waals surface area contributed by atoms with E-state index in [4.69, 9.17) is 0 Å². The summed E-state index contributed by atoms with van der Waals surface area (Å²) in [5, 5.41) is 27.2. The topological polar surface area (TPSA) is 424 Å². The number of benzene rings is 4. The number of thioether (sulfide) groups is 1. The van der Waals surface area contributed by atoms with Gasteiger partial charge < -0.3 is 52.1 Å². The molecule has 4 aromatic carbocycles. The zero-order valence-electron chi connectivity index (χ0n) is 84.0. The maximum Gasteiger partial charge on any atom is 0.327 e. The van der Waals surface area contributed by atoms with Crippen LogP contribution in [0.25, 0.3) is 0 Å². The summed E-state index contributed by atoms with van der Waals surface area (Å²) in [7, 11) is 6.21. The number of pyridine rings is 1. The van der Waals surface area contributed by atoms with Crippen molar-refractivity contribution in [2.24, 2.45) is 52.3 Å². The van der Waals surface area contributed by atoms with Crippen LogP contribution >= 0.6 is 62.3 Å². The Kier molecular flexibility index (Phi) is 48.3. The van der Waals surface area contributed by atoms with E-state index in [1.54, 1.807) is 88.6 Å². The Morgan fingerprint density at radius 3 is 1.50 bits per heavy atom. The van der Waals surface area contributed by atoms with Crippen molar-refractivity contribution >= 4 is 168 Å². The largest absolute Gasteiger partial charge is 0.392 e. The number of nitrogens with one attached hydrogen (secondary N) is 7. The van der Waals surface area contributed by atoms with Gasteiger partial charge in [0.1, 0.15) is 29.2 Å². The zero-order chi connectivity index (χ0) is 104. The summed E-state index contributed by atoms with van der Waals surface area (Å²) in [5.74, 6) is -4.88. The predicted octanol–water partition coefficient (Wildman–Crippen LogP) is 11.2. The van der Waals surface area contributed by atoms with Crippen molar-refractivity contribution in [3.63, 3.8) is 0 Å². The maximum absolute atomic E-state index is 14.2. The molecular formula is C104H147N13O18S5. The molecule has 3 saturated heterocycles. The molecule has 0 saturated carbocycles. The third-order valence-corrected chi connectivity index (χ3v) is 28.1. The van der Waals surface area contributed by atoms with Gasteiger partial charge in [0.25, 0.3) is 17.7 Å². The Labute approximate surface area is 851 Å². The van der Waals surface area contributed by atoms with Crippen molar-refractivity contribution in [3.8, 4) is 0 Å². The molecule has 140 heavy (non-hydrogen) atoms. The van der Waals surface area contributed by atoms with E-state index in [1.165, 1.54) is 28.6 Å². The van der Waals surface area contributed by atoms with Gasteiger partial charge in [0, 0.05) is 128 Å². The lowest BCUT2D eigenvalue weighted by molar-refractivity contribution is -0.142. The number of amides is 15. The molecule has 5 aromatic rings. The Balaban J connectivity index is 0.000000293. The number of nitrogens with zero attached hydrogens (tertiary/aromatic N) is 6. The van der Waals surface area contributed by atoms with Gasteiger partial charge in [0.2, 0.25) is 59.1 Å². The molecule has 766 valence electrons. The number of hydrogen-bond acceptors (Lipinski definition) is 24. The van der Waals surface area contributed by atoms with E-state index in [9.17, 15) is 86.6 Å². The number of anilines is 1. The molecule has 15 amide bonds. The number of imide groups is 3. The number of aliphatic hydroxyl groups excluding tert-OH is 1. The summed E-state index contributed by atoms with van der Waals surface area (Å²) in [6, 6.07) is 37.7. The number of unbranched alkanes of at least 4 members (excludes halogenated alkanes) is 1. The first-order valence-corrected chi connectivity index (χ1v) is 51.6. The number of Topliss-reactive ketones (excluding diaryl/α,β-unsaturated/α-hetero) is 3. The van der Waals surface area contributed by atoms with E-state index in [1.807, 2.05) is 154 Å². The highest BCUT2D eigenvalue weighted by Gasteiger charge is 2.50. The highest BCUT2D eigenvalue weighted by molar-refractivity contribution is 7.98. The van der Waals surface area contributed by atoms with Gasteiger partial charge in [-0.15, -0.1) is 0 Å². The second-order valence-electron chi connectivity index (χ2n) is 39.6. The van der Waals surface area contributed by atoms with Gasteiger partial charge in [-0.25, -0.2) is 9.78 Å². The SMILES string of the molecule is CC(C)CC(C(=O)C[C@H](C(=O)Nc1ccccn1)C(C)(C)C)C(O)CS.CNC(=O)[C@@H](CC(=O)[C@H](CC(C)C)NC(=O)[C@@H](S)CCN1C(=O)N(C)C(C)(C)C1=O)C(C)(C)C.CNC(=O)[C@@H](CC(=O)[C@H](CSC)NC(=O)[C@@H](S)CCN1C(=O)CCC1=O)Cc1ccccc1.CNC(=O)[C@H](Cc1ccccc1)N1CC[C@H](Cc2ccccc2)CC(NC(=O)[C@@H](S)CCCCN2C(=O)c3ccccc3C2=O)C1=O. The minimum absolute atomic E-state index is 0.00586. The van der Waals surface area contributed by atoms with Crippen molar-refractivity contribution in [3.05, 3.63) is 167 Å². The van der Waals surface area contributed by atoms with Gasteiger partial charge in [-0.2, -0.15) is 62.3 Å². The van der Waals surface area contributed by atoms with Crippen LogP contribution in [0.15, 0.2) is 140 Å². The molecule has 0 spiro atoms. The number of thiol groups is 4. The van der Waals surface area contributed by atoms with E-state index in [0.29, 0.717) is 87.0 Å². The molecule has 3 fully saturated rings. The van der Waals surface area contributed by atoms with Gasteiger partial charge in [-0.05, 0) is 154 Å². The maximum atomic E-state index is 14.2. The third kappa shape index (κ3) is 36.0. The highest BCUT2D eigenvalue weighted by atomic mass is 32.2. The zero-order valence-corrected chi connectivity index (χ0v) is 88.4. The lowest BCUT2D eigenvalue weighted by atomic mass is 9.74. The monoisotopic (exact) mass is 2030 g/mol. The fraction of sp³-hybridized carbons (Fsp3) is 0.558. The molecule has 36 heteroatoms. The number of urea groups is 1. The van der Waals surface area contributed by atoms with Crippen molar-refractivity contribution in [2.75, 3.05) is 77.4 Å². The molecule has 4 aliphatic rings. The third-order valence-electron chi connectivity index (χ3n) is 25.6. The average molecular weight is 2030 g/mol. The second kappa shape index (κ2) is 57.1. The van der Waals surface area contributed by atoms with Crippen LogP contribution in [-0.2, 0) is 86.4 Å². The van der Waals surface area contributed by atoms with Crippen molar-refractivity contribution in [1.82, 2.24) is 61.4 Å². The molecule has 8 N–H and O–H groups in total. The summed E-state index contributed by atoms with van der Waals surface area (Å²) in [5.41, 5.74) is 2.11. The molecule has 3 unspecified atom stereocenters. The van der Waals surface area contributed by atoms with Crippen LogP contribution in [0.5, 0.6) is 0 Å². The van der Waals surface area contributed by atoms with Gasteiger partial charge in [0.05, 0.1) is 51.0 Å². The summed E-state index contributed by atoms with van der Waals surface area (Å²) in [6.07, 6.45) is 8.64. The normalized spacial score (nSPS) is 17.7. The van der Waals surface area contributed by atoms with Gasteiger partial charge >= 0.3 is 6.03 Å². The van der Waals surface area contributed by atoms with Gasteiger partial charge in [-0.1, -0.05) is 185 Å². The van der Waals surface area contributed by atoms with Crippen molar-refractivity contribution in [1.29, 1.82) is 0 Å². The lowest BCUT2D eigenvalue weighted by Gasteiger charge is -2.32. The van der Waals surface area contributed by atoms with E-state index in [0.717, 1.165) is 32.9 Å². The number of likely N-dealkylation sites (N-methyl/N-ethyl adjacent to an activating group) is 2. The first-order chi connectivity index (χ1) is 66.0. The molecule has 31 nitrogen and oxygen atoms in total. The fourth-order valence-electron chi connectivity index (χ4n) is 17.0. The van der Waals surface area contributed by atoms with Gasteiger partial charge in [-0.3, -0.25) is 91.4 Å². The summed E-state index contributed by atoms with van der Waals surface area (Å²) in [4.78, 5) is 227. The molecule has 1 aromatic heterocycles. The quantitative estimate of drug-likeness (QED) is 0.00745. The summed E-state index contributed by atoms with van der Waals surface area (Å²) in [6.45, 7) is 23.6. The molecular weight excluding hydrogens is 1880 g/mol. The van der Waals surface area contributed by atoms with Crippen molar-refractivity contribution in [2.45, 2.75) is 244 Å². The van der Waals surface area contributed by atoms with Gasteiger partial charge in [0.15, 0.2) is 11.6 Å². The highest BCUT2D eigenvalue weighted by Crippen LogP contribution is 2.36. The number of rotatable bonds is 46. The molecule has 4 aliphatic heterocycles. The lowest BCUT2D eigenvalue weighted by Crippen LogP contribution is -2.56. The molecule has 0 radical (unpaired) electrons. The Morgan fingerprint density at radius 1 is 0.536 bits per heavy atom. The van der Waals surface area contributed by atoms with Crippen LogP contribution < -0.4 is 37.2 Å². The molecule has 5 heterocycles. The number of likely N-dealkylation sites (tertiary alicyclic amines) is 2. The van der Waals surface area contributed by atoms with E-state index >= 15 is 0 Å². The number of aromatic nitrogens is 1. The minimum Gasteiger partial charge on any atom is -0.392 e. The van der Waals surface area contributed by atoms with Crippen LogP contribution in [0.4, 0.5) is 10.6 Å². The Hall–Kier alpha value is -10.3. The second-order valence-corrected chi connectivity index (χ2v) is 42.7. The number of carbonyl (C=O) groups is 17. The molecule has 13 atom stereocenters. The Morgan fingerprint density at radius 2 is 1.01 bits per heavy atom. The van der Waals surface area contributed by atoms with E-state index in [-0.39, 0.29) is 170 Å². The van der Waals surface area contributed by atoms with Crippen LogP contribution in [0, 0.1) is 52.3 Å². The number of ketones is 3. The smallest absolute Gasteiger partial charge is 0.327 e. The molecule has 0 bridgehead atoms. The van der Waals surface area contributed by atoms with Crippen LogP contribution in [0.3, 0.4) is 0 Å². The summed E-state index contributed by atoms with van der Waals surface area (Å²) < 4.78 is 0. The Bertz CT molecular complexity index is 4980. The minimum atomic E-state index is -0.936. The molecule has 9 rings (SSSR count). The number of fused-ring (bicyclic) bond motifs is 1. The van der Waals surface area contributed by atoms with E-state index < -0.39 is 104 Å². The van der Waals surface area contributed by atoms with Crippen LogP contribution in [0.2, 0.25) is 0 Å². The number of hydrogen-bond donors (Lipinski definition) is 12. The number of aliphatic hydroxyl groups is 1. The summed E-state index contributed by atoms with van der Waals surface area (Å²) >= 11 is 18.8. The van der Waals surface area contributed by atoms with E-state index in [2.05, 4.69) is 105 Å². The van der Waals surface area contributed by atoms with Crippen LogP contribution in [-0.4, -0.2) is 258 Å².